The summed E-state index contributed by atoms with van der Waals surface area (Å²) in [5.41, 5.74) is 0. The average Bonchev–Trinajstić information content (AvgIpc) is 2.55. The van der Waals surface area contributed by atoms with E-state index in [2.05, 4.69) is 0 Å². The third kappa shape index (κ3) is 3.65. The van der Waals surface area contributed by atoms with Crippen LogP contribution in [0.5, 0.6) is 0 Å². The monoisotopic (exact) mass is 342 g/mol. The molecule has 8 N–H and O–H groups in total. The second-order valence-electron chi connectivity index (χ2n) is 5.53. The maximum Gasteiger partial charge on any atom is 0.187 e. The minimum Gasteiger partial charge on any atom is -0.394 e. The summed E-state index contributed by atoms with van der Waals surface area (Å²) in [6.07, 6.45) is -15.6. The van der Waals surface area contributed by atoms with Crippen LogP contribution in [0.25, 0.3) is 0 Å². The van der Waals surface area contributed by atoms with Crippen molar-refractivity contribution in [2.24, 2.45) is 0 Å². The van der Waals surface area contributed by atoms with Crippen molar-refractivity contribution in [1.82, 2.24) is 0 Å². The Morgan fingerprint density at radius 3 is 1.83 bits per heavy atom. The van der Waals surface area contributed by atoms with Gasteiger partial charge in [0.15, 0.2) is 12.6 Å². The van der Waals surface area contributed by atoms with Gasteiger partial charge in [0.05, 0.1) is 13.2 Å². The van der Waals surface area contributed by atoms with Crippen LogP contribution < -0.4 is 0 Å². The lowest BCUT2D eigenvalue weighted by atomic mass is 9.97. The molecule has 10 atom stereocenters. The smallest absolute Gasteiger partial charge is 0.187 e. The van der Waals surface area contributed by atoms with Gasteiger partial charge in [0.1, 0.15) is 48.8 Å². The highest BCUT2D eigenvalue weighted by atomic mass is 16.7. The third-order valence-corrected chi connectivity index (χ3v) is 3.98. The maximum atomic E-state index is 9.94. The Kier molecular flexibility index (Phi) is 6.27. The van der Waals surface area contributed by atoms with Crippen molar-refractivity contribution in [2.75, 3.05) is 13.2 Å². The van der Waals surface area contributed by atoms with Crippen molar-refractivity contribution in [1.29, 1.82) is 0 Å². The highest BCUT2D eigenvalue weighted by Crippen LogP contribution is 2.28. The fraction of sp³-hybridized carbons (Fsp3) is 1.00. The largest absolute Gasteiger partial charge is 0.394 e. The van der Waals surface area contributed by atoms with Crippen LogP contribution in [0, 0.1) is 0 Å². The van der Waals surface area contributed by atoms with Gasteiger partial charge in [0.25, 0.3) is 0 Å². The first-order valence-electron chi connectivity index (χ1n) is 7.08. The van der Waals surface area contributed by atoms with Gasteiger partial charge in [-0.2, -0.15) is 0 Å². The van der Waals surface area contributed by atoms with Gasteiger partial charge in [0.2, 0.25) is 0 Å². The van der Waals surface area contributed by atoms with Gasteiger partial charge in [0, 0.05) is 0 Å². The molecule has 2 rings (SSSR count). The zero-order valence-electron chi connectivity index (χ0n) is 12.0. The quantitative estimate of drug-likeness (QED) is 0.243. The molecule has 2 saturated heterocycles. The Bertz CT molecular complexity index is 378. The lowest BCUT2D eigenvalue weighted by molar-refractivity contribution is -0.355. The molecule has 0 aromatic carbocycles. The van der Waals surface area contributed by atoms with Crippen molar-refractivity contribution in [3.8, 4) is 0 Å². The number of aliphatic hydroxyl groups is 8. The van der Waals surface area contributed by atoms with Crippen molar-refractivity contribution in [3.63, 3.8) is 0 Å². The lowest BCUT2D eigenvalue weighted by Crippen LogP contribution is -2.64. The average molecular weight is 342 g/mol. The van der Waals surface area contributed by atoms with Crippen LogP contribution in [-0.2, 0) is 14.2 Å². The van der Waals surface area contributed by atoms with Gasteiger partial charge in [-0.3, -0.25) is 0 Å². The van der Waals surface area contributed by atoms with Crippen LogP contribution >= 0.6 is 0 Å². The highest BCUT2D eigenvalue weighted by molar-refractivity contribution is 4.93. The Morgan fingerprint density at radius 2 is 1.26 bits per heavy atom. The van der Waals surface area contributed by atoms with Crippen LogP contribution in [0.1, 0.15) is 0 Å². The SMILES string of the molecule is OC[C@H]1O[C@H](O[C@H]2[C@H](O)[C@@H](O)C(O)O[C@@H]2CO)[C@H](O)[C@@H](O)[C@H]1O. The van der Waals surface area contributed by atoms with Gasteiger partial charge >= 0.3 is 0 Å². The molecule has 11 nitrogen and oxygen atoms in total. The summed E-state index contributed by atoms with van der Waals surface area (Å²) in [6.45, 7) is -1.35. The van der Waals surface area contributed by atoms with E-state index >= 15 is 0 Å². The van der Waals surface area contributed by atoms with Crippen LogP contribution in [0.4, 0.5) is 0 Å². The first kappa shape index (κ1) is 18.9. The van der Waals surface area contributed by atoms with E-state index in [9.17, 15) is 35.7 Å². The Morgan fingerprint density at radius 1 is 0.652 bits per heavy atom. The molecule has 136 valence electrons. The summed E-state index contributed by atoms with van der Waals surface area (Å²) < 4.78 is 15.3. The third-order valence-electron chi connectivity index (χ3n) is 3.98. The van der Waals surface area contributed by atoms with E-state index in [0.717, 1.165) is 0 Å². The summed E-state index contributed by atoms with van der Waals surface area (Å²) >= 11 is 0. The number of ether oxygens (including phenoxy) is 3. The lowest BCUT2D eigenvalue weighted by Gasteiger charge is -2.45. The highest BCUT2D eigenvalue weighted by Gasteiger charge is 2.50. The van der Waals surface area contributed by atoms with E-state index in [1.54, 1.807) is 0 Å². The topological polar surface area (TPSA) is 190 Å². The van der Waals surface area contributed by atoms with E-state index in [1.807, 2.05) is 0 Å². The fourth-order valence-corrected chi connectivity index (χ4v) is 2.57. The molecule has 0 bridgehead atoms. The predicted molar refractivity (Wildman–Crippen MR) is 68.6 cm³/mol. The molecule has 0 aromatic heterocycles. The van der Waals surface area contributed by atoms with Crippen LogP contribution in [0.15, 0.2) is 0 Å². The van der Waals surface area contributed by atoms with E-state index in [1.165, 1.54) is 0 Å². The van der Waals surface area contributed by atoms with Crippen molar-refractivity contribution >= 4 is 0 Å². The molecule has 0 radical (unpaired) electrons. The summed E-state index contributed by atoms with van der Waals surface area (Å²) in [5.74, 6) is 0. The van der Waals surface area contributed by atoms with Gasteiger partial charge in [-0.1, -0.05) is 0 Å². The predicted octanol–water partition coefficient (Wildman–Crippen LogP) is -5.40. The Labute approximate surface area is 130 Å². The van der Waals surface area contributed by atoms with Gasteiger partial charge in [-0.15, -0.1) is 0 Å². The molecule has 1 unspecified atom stereocenters. The zero-order valence-corrected chi connectivity index (χ0v) is 12.0. The first-order valence-corrected chi connectivity index (χ1v) is 7.08. The molecule has 0 amide bonds. The van der Waals surface area contributed by atoms with Crippen LogP contribution in [0.2, 0.25) is 0 Å². The molecule has 0 spiro atoms. The van der Waals surface area contributed by atoms with Gasteiger partial charge < -0.3 is 55.1 Å². The van der Waals surface area contributed by atoms with Crippen molar-refractivity contribution in [2.45, 2.75) is 61.4 Å². The zero-order chi connectivity index (χ0) is 17.3. The van der Waals surface area contributed by atoms with Gasteiger partial charge in [-0.05, 0) is 0 Å². The molecular weight excluding hydrogens is 320 g/mol. The number of hydrogen-bond donors (Lipinski definition) is 8. The Hall–Kier alpha value is -0.440. The second-order valence-corrected chi connectivity index (χ2v) is 5.53. The minimum absolute atomic E-state index is 0.667. The van der Waals surface area contributed by atoms with Gasteiger partial charge in [-0.25, -0.2) is 0 Å². The van der Waals surface area contributed by atoms with E-state index < -0.39 is 74.6 Å². The molecule has 2 aliphatic rings. The number of rotatable bonds is 4. The van der Waals surface area contributed by atoms with E-state index in [0.29, 0.717) is 0 Å². The fourth-order valence-electron chi connectivity index (χ4n) is 2.57. The van der Waals surface area contributed by atoms with E-state index in [4.69, 9.17) is 19.3 Å². The standard InChI is InChI=1S/C12H22O11/c13-1-3-5(15)6(16)9(19)12(22-3)23-10-4(2-14)21-11(20)8(18)7(10)17/h3-20H,1-2H2/t3-,4-,5+,6+,7-,8-,9-,10-,11?,12-/m1/s1. The van der Waals surface area contributed by atoms with Crippen molar-refractivity contribution in [3.05, 3.63) is 0 Å². The Balaban J connectivity index is 2.11. The summed E-state index contributed by atoms with van der Waals surface area (Å²) in [5, 5.41) is 76.5. The molecule has 2 heterocycles. The first-order chi connectivity index (χ1) is 10.8. The minimum atomic E-state index is -1.74. The molecule has 0 saturated carbocycles. The van der Waals surface area contributed by atoms with Crippen LogP contribution in [0.3, 0.4) is 0 Å². The van der Waals surface area contributed by atoms with Crippen molar-refractivity contribution < 1.29 is 55.1 Å². The summed E-state index contributed by atoms with van der Waals surface area (Å²) in [7, 11) is 0. The summed E-state index contributed by atoms with van der Waals surface area (Å²) in [4.78, 5) is 0. The van der Waals surface area contributed by atoms with E-state index in [-0.39, 0.29) is 0 Å². The maximum absolute atomic E-state index is 9.94. The number of hydrogen-bond acceptors (Lipinski definition) is 11. The molecular formula is C12H22O11. The van der Waals surface area contributed by atoms with Crippen LogP contribution in [-0.4, -0.2) is 115 Å². The molecule has 11 heteroatoms. The number of aliphatic hydroxyl groups excluding tert-OH is 8. The second kappa shape index (κ2) is 7.63. The molecule has 0 aromatic rings. The summed E-state index contributed by atoms with van der Waals surface area (Å²) in [6, 6.07) is 0. The molecule has 2 aliphatic heterocycles. The molecule has 23 heavy (non-hydrogen) atoms. The molecule has 2 fully saturated rings. The molecule has 0 aliphatic carbocycles. The normalized spacial score (nSPS) is 51.7.